The molecule has 1 unspecified atom stereocenters. The minimum Gasteiger partial charge on any atom is -0.310 e. The first-order valence-corrected chi connectivity index (χ1v) is 6.69. The zero-order valence-corrected chi connectivity index (χ0v) is 11.7. The largest absolute Gasteiger partial charge is 0.310 e. The topological polar surface area (TPSA) is 12.0 Å². The van der Waals surface area contributed by atoms with Gasteiger partial charge >= 0.3 is 0 Å². The van der Waals surface area contributed by atoms with E-state index in [0.29, 0.717) is 29.4 Å². The molecule has 4 heteroatoms. The van der Waals surface area contributed by atoms with Gasteiger partial charge in [-0.3, -0.25) is 0 Å². The van der Waals surface area contributed by atoms with Gasteiger partial charge in [0, 0.05) is 23.5 Å². The third-order valence-corrected chi connectivity index (χ3v) is 3.37. The van der Waals surface area contributed by atoms with E-state index in [-0.39, 0.29) is 5.82 Å². The van der Waals surface area contributed by atoms with Crippen LogP contribution in [0.25, 0.3) is 0 Å². The van der Waals surface area contributed by atoms with Crippen molar-refractivity contribution in [1.82, 2.24) is 5.32 Å². The minimum atomic E-state index is -0.260. The lowest BCUT2D eigenvalue weighted by atomic mass is 10.0. The molecule has 0 heterocycles. The lowest BCUT2D eigenvalue weighted by Crippen LogP contribution is -2.33. The predicted molar refractivity (Wildman–Crippen MR) is 72.2 cm³/mol. The van der Waals surface area contributed by atoms with Gasteiger partial charge in [0.15, 0.2) is 0 Å². The fraction of sp³-hybridized carbons (Fsp3) is 0.538. The van der Waals surface area contributed by atoms with Crippen LogP contribution in [0.3, 0.4) is 0 Å². The Labute approximate surface area is 112 Å². The SMILES string of the molecule is CC(C)C(CCCl)NCc1cc(F)ccc1Cl. The van der Waals surface area contributed by atoms with E-state index in [1.165, 1.54) is 12.1 Å². The zero-order chi connectivity index (χ0) is 12.8. The highest BCUT2D eigenvalue weighted by Crippen LogP contribution is 2.18. The van der Waals surface area contributed by atoms with Gasteiger partial charge < -0.3 is 5.32 Å². The van der Waals surface area contributed by atoms with Gasteiger partial charge in [-0.1, -0.05) is 25.4 Å². The van der Waals surface area contributed by atoms with Gasteiger partial charge in [-0.15, -0.1) is 11.6 Å². The molecular formula is C13H18Cl2FN. The third kappa shape index (κ3) is 4.82. The smallest absolute Gasteiger partial charge is 0.123 e. The Morgan fingerprint density at radius 1 is 1.35 bits per heavy atom. The van der Waals surface area contributed by atoms with Crippen molar-refractivity contribution >= 4 is 23.2 Å². The quantitative estimate of drug-likeness (QED) is 0.768. The van der Waals surface area contributed by atoms with E-state index in [4.69, 9.17) is 23.2 Å². The van der Waals surface area contributed by atoms with Crippen LogP contribution >= 0.6 is 23.2 Å². The van der Waals surface area contributed by atoms with Crippen LogP contribution in [0.4, 0.5) is 4.39 Å². The molecule has 17 heavy (non-hydrogen) atoms. The Hall–Kier alpha value is -0.310. The molecule has 0 aliphatic rings. The summed E-state index contributed by atoms with van der Waals surface area (Å²) in [5.74, 6) is 0.845. The summed E-state index contributed by atoms with van der Waals surface area (Å²) in [6, 6.07) is 4.74. The third-order valence-electron chi connectivity index (χ3n) is 2.79. The van der Waals surface area contributed by atoms with Crippen molar-refractivity contribution < 1.29 is 4.39 Å². The zero-order valence-electron chi connectivity index (χ0n) is 10.1. The maximum Gasteiger partial charge on any atom is 0.123 e. The van der Waals surface area contributed by atoms with E-state index in [9.17, 15) is 4.39 Å². The summed E-state index contributed by atoms with van der Waals surface area (Å²) in [5.41, 5.74) is 0.784. The van der Waals surface area contributed by atoms with Crippen LogP contribution in [-0.4, -0.2) is 11.9 Å². The summed E-state index contributed by atoms with van der Waals surface area (Å²) in [6.45, 7) is 4.84. The van der Waals surface area contributed by atoms with Crippen molar-refractivity contribution in [2.24, 2.45) is 5.92 Å². The first kappa shape index (κ1) is 14.7. The molecule has 0 aromatic heterocycles. The average Bonchev–Trinajstić information content (AvgIpc) is 2.28. The molecule has 0 saturated carbocycles. The van der Waals surface area contributed by atoms with Gasteiger partial charge in [0.25, 0.3) is 0 Å². The standard InChI is InChI=1S/C13H18Cl2FN/c1-9(2)13(5-6-14)17-8-10-7-11(16)3-4-12(10)15/h3-4,7,9,13,17H,5-6,8H2,1-2H3. The lowest BCUT2D eigenvalue weighted by molar-refractivity contribution is 0.388. The molecule has 96 valence electrons. The van der Waals surface area contributed by atoms with Crippen LogP contribution < -0.4 is 5.32 Å². The van der Waals surface area contributed by atoms with Crippen LogP contribution in [0.1, 0.15) is 25.8 Å². The number of nitrogens with one attached hydrogen (secondary N) is 1. The first-order chi connectivity index (χ1) is 8.04. The van der Waals surface area contributed by atoms with Crippen molar-refractivity contribution in [3.8, 4) is 0 Å². The molecule has 0 bridgehead atoms. The van der Waals surface area contributed by atoms with Gasteiger partial charge in [0.2, 0.25) is 0 Å². The van der Waals surface area contributed by atoms with Gasteiger partial charge in [0.05, 0.1) is 0 Å². The fourth-order valence-corrected chi connectivity index (χ4v) is 2.13. The van der Waals surface area contributed by atoms with E-state index in [0.717, 1.165) is 12.0 Å². The van der Waals surface area contributed by atoms with Crippen molar-refractivity contribution in [2.75, 3.05) is 5.88 Å². The molecule has 0 radical (unpaired) electrons. The number of benzene rings is 1. The van der Waals surface area contributed by atoms with Gasteiger partial charge in [-0.2, -0.15) is 0 Å². The minimum absolute atomic E-state index is 0.260. The highest BCUT2D eigenvalue weighted by molar-refractivity contribution is 6.31. The Kier molecular flexibility index (Phi) is 6.24. The van der Waals surface area contributed by atoms with Gasteiger partial charge in [-0.05, 0) is 36.1 Å². The van der Waals surface area contributed by atoms with Crippen LogP contribution in [0.5, 0.6) is 0 Å². The summed E-state index contributed by atoms with van der Waals surface area (Å²) in [4.78, 5) is 0. The molecule has 0 fully saturated rings. The summed E-state index contributed by atoms with van der Waals surface area (Å²) in [5, 5.41) is 3.96. The number of halogens is 3. The van der Waals surface area contributed by atoms with Crippen molar-refractivity contribution in [2.45, 2.75) is 32.9 Å². The molecule has 0 spiro atoms. The predicted octanol–water partition coefficient (Wildman–Crippen LogP) is 4.22. The van der Waals surface area contributed by atoms with Crippen LogP contribution in [0.2, 0.25) is 5.02 Å². The number of alkyl halides is 1. The highest BCUT2D eigenvalue weighted by atomic mass is 35.5. The van der Waals surface area contributed by atoms with Crippen molar-refractivity contribution in [3.63, 3.8) is 0 Å². The normalized spacial score (nSPS) is 13.1. The Morgan fingerprint density at radius 2 is 2.06 bits per heavy atom. The second-order valence-electron chi connectivity index (χ2n) is 4.44. The monoisotopic (exact) mass is 277 g/mol. The number of hydrogen-bond donors (Lipinski definition) is 1. The summed E-state index contributed by atoms with van der Waals surface area (Å²) >= 11 is 11.8. The Balaban J connectivity index is 2.61. The fourth-order valence-electron chi connectivity index (χ4n) is 1.71. The maximum atomic E-state index is 13.1. The van der Waals surface area contributed by atoms with Gasteiger partial charge in [0.1, 0.15) is 5.82 Å². The summed E-state index contributed by atoms with van der Waals surface area (Å²) in [6.07, 6.45) is 0.895. The van der Waals surface area contributed by atoms with Crippen LogP contribution in [0.15, 0.2) is 18.2 Å². The lowest BCUT2D eigenvalue weighted by Gasteiger charge is -2.21. The van der Waals surface area contributed by atoms with E-state index < -0.39 is 0 Å². The van der Waals surface area contributed by atoms with Crippen molar-refractivity contribution in [3.05, 3.63) is 34.6 Å². The second-order valence-corrected chi connectivity index (χ2v) is 5.23. The van der Waals surface area contributed by atoms with Crippen molar-refractivity contribution in [1.29, 1.82) is 0 Å². The Bertz CT molecular complexity index is 355. The first-order valence-electron chi connectivity index (χ1n) is 5.78. The molecule has 1 rings (SSSR count). The molecule has 1 nitrogen and oxygen atoms in total. The van der Waals surface area contributed by atoms with E-state index >= 15 is 0 Å². The van der Waals surface area contributed by atoms with E-state index in [1.807, 2.05) is 0 Å². The highest BCUT2D eigenvalue weighted by Gasteiger charge is 2.12. The molecule has 1 atom stereocenters. The molecule has 0 aliphatic carbocycles. The summed E-state index contributed by atoms with van der Waals surface area (Å²) in [7, 11) is 0. The molecule has 1 aromatic rings. The Morgan fingerprint density at radius 3 is 2.65 bits per heavy atom. The maximum absolute atomic E-state index is 13.1. The molecule has 0 saturated heterocycles. The molecule has 1 N–H and O–H groups in total. The van der Waals surface area contributed by atoms with E-state index in [2.05, 4.69) is 19.2 Å². The van der Waals surface area contributed by atoms with Crippen LogP contribution in [-0.2, 0) is 6.54 Å². The van der Waals surface area contributed by atoms with Crippen LogP contribution in [0, 0.1) is 11.7 Å². The molecule has 0 aliphatic heterocycles. The van der Waals surface area contributed by atoms with E-state index in [1.54, 1.807) is 6.07 Å². The van der Waals surface area contributed by atoms with Gasteiger partial charge in [-0.25, -0.2) is 4.39 Å². The average molecular weight is 278 g/mol. The molecule has 0 amide bonds. The molecular weight excluding hydrogens is 260 g/mol. The second kappa shape index (κ2) is 7.20. The molecule has 1 aromatic carbocycles. The summed E-state index contributed by atoms with van der Waals surface area (Å²) < 4.78 is 13.1. The number of hydrogen-bond acceptors (Lipinski definition) is 1. The number of rotatable bonds is 6.